The highest BCUT2D eigenvalue weighted by atomic mass is 28.3. The first-order chi connectivity index (χ1) is 12.3. The van der Waals surface area contributed by atoms with Crippen LogP contribution in [0.15, 0.2) is 60.8 Å². The van der Waals surface area contributed by atoms with Crippen molar-refractivity contribution in [3.63, 3.8) is 0 Å². The molecule has 1 aliphatic heterocycles. The summed E-state index contributed by atoms with van der Waals surface area (Å²) >= 11 is 0. The van der Waals surface area contributed by atoms with Crippen molar-refractivity contribution in [3.8, 4) is 11.3 Å². The summed E-state index contributed by atoms with van der Waals surface area (Å²) in [6.07, 6.45) is 2.16. The predicted molar refractivity (Wildman–Crippen MR) is 113 cm³/mol. The van der Waals surface area contributed by atoms with Gasteiger partial charge >= 0.3 is 0 Å². The number of hydrogen-bond donors (Lipinski definition) is 0. The molecule has 2 heterocycles. The Morgan fingerprint density at radius 2 is 1.54 bits per heavy atom. The van der Waals surface area contributed by atoms with Gasteiger partial charge in [0.25, 0.3) is 0 Å². The number of rotatable bonds is 1. The van der Waals surface area contributed by atoms with Crippen LogP contribution in [0.5, 0.6) is 0 Å². The highest BCUT2D eigenvalue weighted by Gasteiger charge is 2.45. The van der Waals surface area contributed by atoms with Gasteiger partial charge in [-0.2, -0.15) is 0 Å². The van der Waals surface area contributed by atoms with Gasteiger partial charge < -0.3 is 0 Å². The summed E-state index contributed by atoms with van der Waals surface area (Å²) in [5.41, 5.74) is 7.20. The maximum Gasteiger partial charge on any atom is 0.212 e. The van der Waals surface area contributed by atoms with E-state index in [0.29, 0.717) is 0 Å². The molecule has 0 saturated carbocycles. The quantitative estimate of drug-likeness (QED) is 0.458. The molecule has 0 amide bonds. The average Bonchev–Trinajstić information content (AvgIpc) is 2.61. The minimum Gasteiger partial charge on any atom is -0.201 e. The first-order valence-corrected chi connectivity index (χ1v) is 12.5. The zero-order valence-electron chi connectivity index (χ0n) is 16.7. The molecule has 2 heteroatoms. The topological polar surface area (TPSA) is 3.88 Å². The fraction of sp³-hybridized carbons (Fsp3) is 0.292. The third-order valence-corrected chi connectivity index (χ3v) is 9.85. The van der Waals surface area contributed by atoms with Crippen LogP contribution in [0.1, 0.15) is 30.5 Å². The molecule has 0 aliphatic carbocycles. The lowest BCUT2D eigenvalue weighted by atomic mass is 9.76. The maximum absolute atomic E-state index is 2.52. The molecule has 2 aromatic carbocycles. The van der Waals surface area contributed by atoms with Gasteiger partial charge in [0.15, 0.2) is 6.20 Å². The Bertz CT molecular complexity index is 1010. The minimum atomic E-state index is -1.82. The number of benzene rings is 2. The minimum absolute atomic E-state index is 0.0320. The monoisotopic (exact) mass is 358 g/mol. The van der Waals surface area contributed by atoms with E-state index in [-0.39, 0.29) is 5.41 Å². The molecule has 26 heavy (non-hydrogen) atoms. The number of fused-ring (bicyclic) bond motifs is 2. The Hall–Kier alpha value is -2.19. The highest BCUT2D eigenvalue weighted by Crippen LogP contribution is 2.38. The zero-order valence-corrected chi connectivity index (χ0v) is 17.7. The maximum atomic E-state index is 2.52. The van der Waals surface area contributed by atoms with Crippen molar-refractivity contribution in [2.75, 3.05) is 0 Å². The van der Waals surface area contributed by atoms with E-state index in [0.717, 1.165) is 0 Å². The number of aryl methyl sites for hydroxylation is 2. The van der Waals surface area contributed by atoms with E-state index in [1.54, 1.807) is 10.4 Å². The molecule has 0 saturated heterocycles. The molecular formula is C24H28NSi+. The Labute approximate surface area is 158 Å². The molecular weight excluding hydrogens is 330 g/mol. The molecule has 0 spiro atoms. The Balaban J connectivity index is 2.15. The molecule has 1 aromatic heterocycles. The lowest BCUT2D eigenvalue weighted by Gasteiger charge is -2.44. The largest absolute Gasteiger partial charge is 0.212 e. The van der Waals surface area contributed by atoms with Crippen LogP contribution in [-0.4, -0.2) is 8.07 Å². The molecule has 3 aromatic rings. The SMILES string of the molecule is Cc1ccc2c(c1-c1cccc[n+]1C)[Si](C)(C)c1ccccc1C2(C)C. The smallest absolute Gasteiger partial charge is 0.201 e. The van der Waals surface area contributed by atoms with Gasteiger partial charge in [0.05, 0.1) is 0 Å². The second-order valence-corrected chi connectivity index (χ2v) is 13.0. The standard InChI is InChI=1S/C24H28NSi/c1-17-14-15-19-23(22(17)20-12-9-10-16-25(20)4)26(5,6)21-13-8-7-11-18(21)24(19,2)3/h7-16H,1-6H3/q+1. The van der Waals surface area contributed by atoms with Gasteiger partial charge in [0.2, 0.25) is 5.69 Å². The van der Waals surface area contributed by atoms with Crippen molar-refractivity contribution in [2.45, 2.75) is 39.3 Å². The zero-order chi connectivity index (χ0) is 18.7. The van der Waals surface area contributed by atoms with E-state index < -0.39 is 8.07 Å². The van der Waals surface area contributed by atoms with Crippen molar-refractivity contribution in [1.29, 1.82) is 0 Å². The van der Waals surface area contributed by atoms with Crippen molar-refractivity contribution in [2.24, 2.45) is 7.05 Å². The van der Waals surface area contributed by atoms with Crippen LogP contribution in [0.4, 0.5) is 0 Å². The van der Waals surface area contributed by atoms with E-state index in [4.69, 9.17) is 0 Å². The Kier molecular flexibility index (Phi) is 3.75. The summed E-state index contributed by atoms with van der Waals surface area (Å²) in [7, 11) is 0.342. The van der Waals surface area contributed by atoms with Gasteiger partial charge in [-0.05, 0) is 34.9 Å². The number of nitrogens with zero attached hydrogens (tertiary/aromatic N) is 1. The number of aromatic nitrogens is 1. The highest BCUT2D eigenvalue weighted by molar-refractivity contribution is 7.02. The van der Waals surface area contributed by atoms with Gasteiger partial charge in [0, 0.05) is 23.1 Å². The number of pyridine rings is 1. The summed E-state index contributed by atoms with van der Waals surface area (Å²) in [5.74, 6) is 0. The van der Waals surface area contributed by atoms with Gasteiger partial charge in [0.1, 0.15) is 15.1 Å². The van der Waals surface area contributed by atoms with Crippen LogP contribution >= 0.6 is 0 Å². The summed E-state index contributed by atoms with van der Waals surface area (Å²) in [6.45, 7) is 12.1. The third kappa shape index (κ3) is 2.25. The fourth-order valence-corrected chi connectivity index (χ4v) is 8.71. The van der Waals surface area contributed by atoms with E-state index in [1.807, 2.05) is 0 Å². The van der Waals surface area contributed by atoms with Crippen LogP contribution in [0, 0.1) is 6.92 Å². The molecule has 1 nitrogen and oxygen atoms in total. The summed E-state index contributed by atoms with van der Waals surface area (Å²) < 4.78 is 2.26. The fourth-order valence-electron chi connectivity index (χ4n) is 4.84. The predicted octanol–water partition coefficient (Wildman–Crippen LogP) is 3.95. The molecule has 0 fully saturated rings. The van der Waals surface area contributed by atoms with Gasteiger partial charge in [-0.1, -0.05) is 68.5 Å². The molecule has 0 radical (unpaired) electrons. The summed E-state index contributed by atoms with van der Waals surface area (Å²) in [5, 5.41) is 3.20. The first kappa shape index (κ1) is 17.2. The second kappa shape index (κ2) is 5.65. The molecule has 0 bridgehead atoms. The van der Waals surface area contributed by atoms with Crippen LogP contribution in [-0.2, 0) is 12.5 Å². The summed E-state index contributed by atoms with van der Waals surface area (Å²) in [4.78, 5) is 0. The lowest BCUT2D eigenvalue weighted by molar-refractivity contribution is -0.660. The van der Waals surface area contributed by atoms with Crippen LogP contribution in [0.25, 0.3) is 11.3 Å². The number of hydrogen-bond acceptors (Lipinski definition) is 0. The Morgan fingerprint density at radius 3 is 2.27 bits per heavy atom. The van der Waals surface area contributed by atoms with Crippen molar-refractivity contribution in [1.82, 2.24) is 0 Å². The van der Waals surface area contributed by atoms with E-state index in [1.165, 1.54) is 27.9 Å². The summed E-state index contributed by atoms with van der Waals surface area (Å²) in [6, 6.07) is 20.4. The molecule has 0 N–H and O–H groups in total. The first-order valence-electron chi connectivity index (χ1n) is 9.46. The van der Waals surface area contributed by atoms with Gasteiger partial charge in [-0.3, -0.25) is 0 Å². The van der Waals surface area contributed by atoms with E-state index >= 15 is 0 Å². The van der Waals surface area contributed by atoms with Crippen LogP contribution in [0.3, 0.4) is 0 Å². The molecule has 0 unspecified atom stereocenters. The van der Waals surface area contributed by atoms with E-state index in [9.17, 15) is 0 Å². The van der Waals surface area contributed by atoms with Crippen molar-refractivity contribution in [3.05, 3.63) is 77.5 Å². The van der Waals surface area contributed by atoms with Crippen LogP contribution < -0.4 is 14.9 Å². The van der Waals surface area contributed by atoms with E-state index in [2.05, 4.69) is 106 Å². The Morgan fingerprint density at radius 1 is 0.846 bits per heavy atom. The average molecular weight is 359 g/mol. The third-order valence-electron chi connectivity index (χ3n) is 6.30. The molecule has 132 valence electrons. The molecule has 1 aliphatic rings. The molecule has 4 rings (SSSR count). The second-order valence-electron chi connectivity index (χ2n) is 8.67. The van der Waals surface area contributed by atoms with Crippen molar-refractivity contribution < 1.29 is 4.57 Å². The normalized spacial score (nSPS) is 16.7. The lowest BCUT2D eigenvalue weighted by Crippen LogP contribution is -2.63. The van der Waals surface area contributed by atoms with Gasteiger partial charge in [-0.15, -0.1) is 0 Å². The van der Waals surface area contributed by atoms with Gasteiger partial charge in [-0.25, -0.2) is 4.57 Å². The van der Waals surface area contributed by atoms with Crippen LogP contribution in [0.2, 0.25) is 13.1 Å². The van der Waals surface area contributed by atoms with Crippen molar-refractivity contribution >= 4 is 18.4 Å². The molecule has 0 atom stereocenters.